The van der Waals surface area contributed by atoms with Crippen molar-refractivity contribution in [2.75, 3.05) is 13.1 Å². The highest BCUT2D eigenvalue weighted by Crippen LogP contribution is 2.05. The molecule has 2 aromatic heterocycles. The topological polar surface area (TPSA) is 67.7 Å². The largest absolute Gasteiger partial charge is 0.370 e. The second-order valence-electron chi connectivity index (χ2n) is 5.38. The molecule has 0 bridgehead atoms. The van der Waals surface area contributed by atoms with E-state index < -0.39 is 0 Å². The van der Waals surface area contributed by atoms with Crippen molar-refractivity contribution >= 4 is 35.6 Å². The first kappa shape index (κ1) is 18.3. The summed E-state index contributed by atoms with van der Waals surface area (Å²) >= 11 is 0. The van der Waals surface area contributed by atoms with E-state index in [1.165, 1.54) is 5.56 Å². The van der Waals surface area contributed by atoms with Gasteiger partial charge in [-0.05, 0) is 24.1 Å². The van der Waals surface area contributed by atoms with E-state index in [0.29, 0.717) is 12.5 Å². The van der Waals surface area contributed by atoms with Gasteiger partial charge < -0.3 is 15.5 Å². The summed E-state index contributed by atoms with van der Waals surface area (Å²) in [6.07, 6.45) is 5.74. The Labute approximate surface area is 159 Å². The molecule has 0 radical (unpaired) electrons. The van der Waals surface area contributed by atoms with Crippen LogP contribution in [0.3, 0.4) is 0 Å². The maximum Gasteiger partial charge on any atom is 0.188 e. The minimum absolute atomic E-state index is 0. The number of nitrogens with two attached hydrogens (primary N) is 1. The molecule has 24 heavy (non-hydrogen) atoms. The van der Waals surface area contributed by atoms with E-state index in [1.807, 2.05) is 53.2 Å². The Balaban J connectivity index is 0.00000208. The fourth-order valence-corrected chi connectivity index (χ4v) is 2.43. The summed E-state index contributed by atoms with van der Waals surface area (Å²) in [4.78, 5) is 8.90. The van der Waals surface area contributed by atoms with Crippen LogP contribution in [0.4, 0.5) is 0 Å². The minimum Gasteiger partial charge on any atom is -0.370 e. The molecule has 0 saturated carbocycles. The van der Waals surface area contributed by atoms with E-state index in [9.17, 15) is 0 Å². The Morgan fingerprint density at radius 2 is 1.88 bits per heavy atom. The number of hydrogen-bond donors (Lipinski definition) is 2. The Kier molecular flexibility index (Phi) is 7.05. The molecule has 2 heterocycles. The molecular formula is C18H22IN5. The molecule has 1 aromatic carbocycles. The number of nitrogens with zero attached hydrogens (tertiary/aromatic N) is 3. The molecule has 0 aliphatic rings. The van der Waals surface area contributed by atoms with Crippen molar-refractivity contribution in [3.63, 3.8) is 0 Å². The number of imidazole rings is 1. The van der Waals surface area contributed by atoms with E-state index in [2.05, 4.69) is 27.4 Å². The highest BCUT2D eigenvalue weighted by Gasteiger charge is 2.00. The molecule has 0 amide bonds. The lowest BCUT2D eigenvalue weighted by molar-refractivity contribution is 0.841. The van der Waals surface area contributed by atoms with Gasteiger partial charge in [-0.15, -0.1) is 24.0 Å². The normalized spacial score (nSPS) is 11.2. The molecular weight excluding hydrogens is 413 g/mol. The van der Waals surface area contributed by atoms with Gasteiger partial charge in [-0.1, -0.05) is 36.4 Å². The number of guanidine groups is 1. The molecule has 0 unspecified atom stereocenters. The quantitative estimate of drug-likeness (QED) is 0.356. The number of nitrogens with one attached hydrogen (secondary N) is 1. The zero-order chi connectivity index (χ0) is 15.9. The van der Waals surface area contributed by atoms with Crippen LogP contribution in [0.25, 0.3) is 5.65 Å². The molecule has 5 nitrogen and oxygen atoms in total. The van der Waals surface area contributed by atoms with Crippen LogP contribution in [0.15, 0.2) is 65.9 Å². The maximum absolute atomic E-state index is 5.89. The van der Waals surface area contributed by atoms with Crippen LogP contribution in [0.2, 0.25) is 0 Å². The SMILES string of the molecule is I.NC(=NCCc1cn2ccccc2n1)NCCc1ccccc1. The molecule has 3 N–H and O–H groups in total. The molecule has 0 aliphatic heterocycles. The summed E-state index contributed by atoms with van der Waals surface area (Å²) in [6.45, 7) is 1.42. The van der Waals surface area contributed by atoms with Crippen LogP contribution in [-0.4, -0.2) is 28.4 Å². The monoisotopic (exact) mass is 435 g/mol. The second kappa shape index (κ2) is 9.27. The summed E-state index contributed by atoms with van der Waals surface area (Å²) in [7, 11) is 0. The molecule has 0 atom stereocenters. The number of aromatic nitrogens is 2. The van der Waals surface area contributed by atoms with E-state index >= 15 is 0 Å². The molecule has 0 spiro atoms. The maximum atomic E-state index is 5.89. The van der Waals surface area contributed by atoms with Crippen molar-refractivity contribution in [2.45, 2.75) is 12.8 Å². The standard InChI is InChI=1S/C18H21N5.HI/c19-18(20-11-9-15-6-2-1-3-7-15)21-12-10-16-14-23-13-5-4-8-17(23)22-16;/h1-8,13-14H,9-12H2,(H3,19,20,21);1H. The third kappa shape index (κ3) is 5.23. The molecule has 3 aromatic rings. The van der Waals surface area contributed by atoms with E-state index in [1.54, 1.807) is 0 Å². The number of rotatable bonds is 6. The molecule has 0 aliphatic carbocycles. The number of hydrogen-bond acceptors (Lipinski definition) is 2. The van der Waals surface area contributed by atoms with Gasteiger partial charge in [-0.2, -0.15) is 0 Å². The molecule has 0 saturated heterocycles. The van der Waals surface area contributed by atoms with Crippen molar-refractivity contribution in [2.24, 2.45) is 10.7 Å². The fourth-order valence-electron chi connectivity index (χ4n) is 2.43. The average molecular weight is 435 g/mol. The first-order valence-corrected chi connectivity index (χ1v) is 7.81. The van der Waals surface area contributed by atoms with Crippen LogP contribution in [0, 0.1) is 0 Å². The van der Waals surface area contributed by atoms with Crippen molar-refractivity contribution < 1.29 is 0 Å². The number of fused-ring (bicyclic) bond motifs is 1. The van der Waals surface area contributed by atoms with Gasteiger partial charge in [0.2, 0.25) is 0 Å². The number of aliphatic imine (C=N–C) groups is 1. The van der Waals surface area contributed by atoms with Crippen molar-refractivity contribution in [3.05, 3.63) is 72.2 Å². The molecule has 6 heteroatoms. The zero-order valence-corrected chi connectivity index (χ0v) is 15.8. The summed E-state index contributed by atoms with van der Waals surface area (Å²) < 4.78 is 2.01. The van der Waals surface area contributed by atoms with Gasteiger partial charge >= 0.3 is 0 Å². The third-order valence-corrected chi connectivity index (χ3v) is 3.63. The molecule has 0 fully saturated rings. The Morgan fingerprint density at radius 1 is 1.08 bits per heavy atom. The van der Waals surface area contributed by atoms with E-state index in [4.69, 9.17) is 5.73 Å². The Hall–Kier alpha value is -2.09. The highest BCUT2D eigenvalue weighted by molar-refractivity contribution is 14.0. The first-order chi connectivity index (χ1) is 11.3. The predicted molar refractivity (Wildman–Crippen MR) is 109 cm³/mol. The zero-order valence-electron chi connectivity index (χ0n) is 13.4. The fraction of sp³-hybridized carbons (Fsp3) is 0.222. The van der Waals surface area contributed by atoms with Gasteiger partial charge in [0.25, 0.3) is 0 Å². The van der Waals surface area contributed by atoms with E-state index in [-0.39, 0.29) is 24.0 Å². The van der Waals surface area contributed by atoms with Crippen LogP contribution in [0.1, 0.15) is 11.3 Å². The average Bonchev–Trinajstić information content (AvgIpc) is 2.98. The van der Waals surface area contributed by atoms with Gasteiger partial charge in [0.15, 0.2) is 5.96 Å². The van der Waals surface area contributed by atoms with Gasteiger partial charge in [0.05, 0.1) is 5.69 Å². The lowest BCUT2D eigenvalue weighted by atomic mass is 10.1. The highest BCUT2D eigenvalue weighted by atomic mass is 127. The lowest BCUT2D eigenvalue weighted by Gasteiger charge is -2.05. The summed E-state index contributed by atoms with van der Waals surface area (Å²) in [5, 5.41) is 3.15. The number of pyridine rings is 1. The van der Waals surface area contributed by atoms with Crippen LogP contribution in [-0.2, 0) is 12.8 Å². The summed E-state index contributed by atoms with van der Waals surface area (Å²) in [6, 6.07) is 16.3. The predicted octanol–water partition coefficient (Wildman–Crippen LogP) is 2.64. The molecule has 3 rings (SSSR count). The van der Waals surface area contributed by atoms with Crippen LogP contribution < -0.4 is 11.1 Å². The van der Waals surface area contributed by atoms with Crippen molar-refractivity contribution in [1.82, 2.24) is 14.7 Å². The Bertz CT molecular complexity index is 749. The minimum atomic E-state index is 0. The van der Waals surface area contributed by atoms with Gasteiger partial charge in [-0.25, -0.2) is 4.98 Å². The van der Waals surface area contributed by atoms with Crippen molar-refractivity contribution in [1.29, 1.82) is 0 Å². The number of halogens is 1. The smallest absolute Gasteiger partial charge is 0.188 e. The van der Waals surface area contributed by atoms with Crippen LogP contribution in [0.5, 0.6) is 0 Å². The number of benzene rings is 1. The third-order valence-electron chi connectivity index (χ3n) is 3.63. The Morgan fingerprint density at radius 3 is 2.67 bits per heavy atom. The lowest BCUT2D eigenvalue weighted by Crippen LogP contribution is -2.33. The van der Waals surface area contributed by atoms with Gasteiger partial charge in [0, 0.05) is 31.9 Å². The second-order valence-corrected chi connectivity index (χ2v) is 5.38. The van der Waals surface area contributed by atoms with Crippen molar-refractivity contribution in [3.8, 4) is 0 Å². The summed E-state index contributed by atoms with van der Waals surface area (Å²) in [5.74, 6) is 0.490. The van der Waals surface area contributed by atoms with Gasteiger partial charge in [-0.3, -0.25) is 4.99 Å². The molecule has 126 valence electrons. The van der Waals surface area contributed by atoms with Crippen LogP contribution >= 0.6 is 24.0 Å². The summed E-state index contributed by atoms with van der Waals surface area (Å²) in [5.41, 5.74) is 9.16. The van der Waals surface area contributed by atoms with E-state index in [0.717, 1.165) is 30.7 Å². The first-order valence-electron chi connectivity index (χ1n) is 7.81. The van der Waals surface area contributed by atoms with Gasteiger partial charge in [0.1, 0.15) is 5.65 Å².